The van der Waals surface area contributed by atoms with E-state index in [1.54, 1.807) is 0 Å². The van der Waals surface area contributed by atoms with Crippen molar-refractivity contribution in [2.24, 2.45) is 5.92 Å². The van der Waals surface area contributed by atoms with Crippen LogP contribution in [0.5, 0.6) is 0 Å². The lowest BCUT2D eigenvalue weighted by atomic mass is 9.97. The van der Waals surface area contributed by atoms with E-state index in [1.165, 1.54) is 4.90 Å². The number of hydrogen-bond acceptors (Lipinski definition) is 7. The fraction of sp³-hybridized carbons (Fsp3) is 0.769. The molecule has 2 bridgehead atoms. The van der Waals surface area contributed by atoms with Crippen molar-refractivity contribution >= 4 is 28.2 Å². The minimum Gasteiger partial charge on any atom is -0.381 e. The summed E-state index contributed by atoms with van der Waals surface area (Å²) in [5.74, 6) is -0.593. The molecule has 0 saturated carbocycles. The van der Waals surface area contributed by atoms with Crippen LogP contribution in [0.25, 0.3) is 0 Å². The third-order valence-electron chi connectivity index (χ3n) is 4.68. The number of carbonyl (C=O) groups excluding carboxylic acids is 2. The summed E-state index contributed by atoms with van der Waals surface area (Å²) in [6.07, 6.45) is 1.95. The maximum atomic E-state index is 12.3. The quantitative estimate of drug-likeness (QED) is 0.340. The number of hydroxylamine groups is 2. The molecule has 3 amide bonds. The molecule has 3 heterocycles. The van der Waals surface area contributed by atoms with Gasteiger partial charge in [-0.05, 0) is 25.7 Å². The molecule has 0 aliphatic carbocycles. The van der Waals surface area contributed by atoms with E-state index in [0.717, 1.165) is 0 Å². The monoisotopic (exact) mass is 376 g/mol. The first-order chi connectivity index (χ1) is 11.8. The second-order valence-electron chi connectivity index (χ2n) is 6.30. The van der Waals surface area contributed by atoms with Crippen molar-refractivity contribution in [1.82, 2.24) is 15.3 Å². The summed E-state index contributed by atoms with van der Waals surface area (Å²) in [4.78, 5) is 25.8. The summed E-state index contributed by atoms with van der Waals surface area (Å²) in [5.41, 5.74) is 0. The van der Waals surface area contributed by atoms with Crippen LogP contribution in [-0.4, -0.2) is 72.5 Å². The van der Waals surface area contributed by atoms with Crippen LogP contribution in [0.3, 0.4) is 0 Å². The average Bonchev–Trinajstić information content (AvgIpc) is 2.79. The molecule has 0 aromatic rings. The first kappa shape index (κ1) is 18.0. The Morgan fingerprint density at radius 1 is 1.28 bits per heavy atom. The predicted octanol–water partition coefficient (Wildman–Crippen LogP) is -0.491. The highest BCUT2D eigenvalue weighted by Crippen LogP contribution is 2.30. The standard InChI is InChI=1S/C13H20N4O7S/c14-11(15-12(18)8-3-5-23-6-4-8)10-2-1-9-7-16(10)13(19)17(9)24-25(20,21)22/h8-10H,1-7H2,(H2,14,15,18)(H,20,21,22)/t9-,10-/m1/s1. The lowest BCUT2D eigenvalue weighted by molar-refractivity contribution is -0.126. The van der Waals surface area contributed by atoms with E-state index < -0.39 is 28.5 Å². The number of nitrogens with one attached hydrogen (secondary N) is 2. The minimum atomic E-state index is -4.81. The number of urea groups is 1. The van der Waals surface area contributed by atoms with E-state index in [1.807, 2.05) is 0 Å². The third-order valence-corrected chi connectivity index (χ3v) is 5.03. The first-order valence-corrected chi connectivity index (χ1v) is 9.36. The molecule has 12 heteroatoms. The van der Waals surface area contributed by atoms with E-state index in [9.17, 15) is 18.0 Å². The van der Waals surface area contributed by atoms with Gasteiger partial charge in [0.25, 0.3) is 0 Å². The smallest absolute Gasteiger partial charge is 0.381 e. The number of nitrogens with zero attached hydrogens (tertiary/aromatic N) is 2. The number of amidine groups is 1. The molecular formula is C13H20N4O7S. The van der Waals surface area contributed by atoms with Gasteiger partial charge in [0, 0.05) is 25.7 Å². The summed E-state index contributed by atoms with van der Waals surface area (Å²) in [6, 6.07) is -1.94. The fourth-order valence-corrected chi connectivity index (χ4v) is 3.80. The molecule has 25 heavy (non-hydrogen) atoms. The first-order valence-electron chi connectivity index (χ1n) is 8.00. The van der Waals surface area contributed by atoms with Gasteiger partial charge >= 0.3 is 16.4 Å². The van der Waals surface area contributed by atoms with E-state index in [4.69, 9.17) is 14.7 Å². The molecule has 3 aliphatic heterocycles. The van der Waals surface area contributed by atoms with Gasteiger partial charge in [0.05, 0.1) is 12.1 Å². The highest BCUT2D eigenvalue weighted by molar-refractivity contribution is 7.80. The molecule has 0 unspecified atom stereocenters. The summed E-state index contributed by atoms with van der Waals surface area (Å²) in [6.45, 7) is 1.17. The van der Waals surface area contributed by atoms with Crippen molar-refractivity contribution in [3.05, 3.63) is 0 Å². The van der Waals surface area contributed by atoms with Gasteiger partial charge in [-0.2, -0.15) is 13.5 Å². The number of fused-ring (bicyclic) bond motifs is 2. The highest BCUT2D eigenvalue weighted by Gasteiger charge is 2.48. The van der Waals surface area contributed by atoms with E-state index in [-0.39, 0.29) is 24.2 Å². The molecule has 0 aromatic heterocycles. The van der Waals surface area contributed by atoms with Crippen LogP contribution in [0, 0.1) is 11.3 Å². The van der Waals surface area contributed by atoms with E-state index in [0.29, 0.717) is 44.0 Å². The van der Waals surface area contributed by atoms with Crippen LogP contribution in [0.4, 0.5) is 4.79 Å². The number of ether oxygens (including phenoxy) is 1. The number of hydrogen-bond donors (Lipinski definition) is 3. The molecule has 2 atom stereocenters. The molecule has 3 rings (SSSR count). The van der Waals surface area contributed by atoms with Crippen molar-refractivity contribution in [3.8, 4) is 0 Å². The third kappa shape index (κ3) is 3.92. The molecule has 11 nitrogen and oxygen atoms in total. The fourth-order valence-electron chi connectivity index (χ4n) is 3.41. The number of amides is 3. The van der Waals surface area contributed by atoms with Gasteiger partial charge in [0.2, 0.25) is 5.91 Å². The molecular weight excluding hydrogens is 356 g/mol. The Bertz CT molecular complexity index is 676. The Morgan fingerprint density at radius 3 is 2.60 bits per heavy atom. The van der Waals surface area contributed by atoms with Gasteiger partial charge in [-0.25, -0.2) is 4.79 Å². The number of piperidine rings is 1. The Balaban J connectivity index is 1.63. The highest BCUT2D eigenvalue weighted by atomic mass is 32.3. The van der Waals surface area contributed by atoms with Crippen LogP contribution >= 0.6 is 0 Å². The molecule has 3 fully saturated rings. The zero-order chi connectivity index (χ0) is 18.2. The zero-order valence-electron chi connectivity index (χ0n) is 13.4. The topological polar surface area (TPSA) is 149 Å². The molecule has 3 N–H and O–H groups in total. The Morgan fingerprint density at radius 2 is 1.96 bits per heavy atom. The summed E-state index contributed by atoms with van der Waals surface area (Å²) >= 11 is 0. The maximum absolute atomic E-state index is 12.3. The van der Waals surface area contributed by atoms with Crippen molar-refractivity contribution in [2.45, 2.75) is 37.8 Å². The molecule has 0 spiro atoms. The number of carbonyl (C=O) groups is 2. The van der Waals surface area contributed by atoms with Crippen molar-refractivity contribution in [2.75, 3.05) is 19.8 Å². The van der Waals surface area contributed by atoms with Crippen LogP contribution in [-0.2, 0) is 24.2 Å². The SMILES string of the molecule is N=C(NC(=O)C1CCOCC1)[C@H]1CC[C@@H]2CN1C(=O)N2OS(=O)(=O)O. The van der Waals surface area contributed by atoms with Crippen molar-refractivity contribution in [3.63, 3.8) is 0 Å². The van der Waals surface area contributed by atoms with Gasteiger partial charge in [-0.15, -0.1) is 4.28 Å². The van der Waals surface area contributed by atoms with Gasteiger partial charge in [-0.1, -0.05) is 0 Å². The zero-order valence-corrected chi connectivity index (χ0v) is 14.2. The molecule has 140 valence electrons. The summed E-state index contributed by atoms with van der Waals surface area (Å²) in [5, 5.41) is 11.3. The van der Waals surface area contributed by atoms with Gasteiger partial charge < -0.3 is 15.0 Å². The van der Waals surface area contributed by atoms with Gasteiger partial charge in [-0.3, -0.25) is 14.8 Å². The Hall–Kier alpha value is -1.76. The Labute approximate surface area is 144 Å². The normalized spacial score (nSPS) is 27.5. The molecule has 0 aromatic carbocycles. The summed E-state index contributed by atoms with van der Waals surface area (Å²) in [7, 11) is -4.81. The van der Waals surface area contributed by atoms with Crippen LogP contribution < -0.4 is 5.32 Å². The van der Waals surface area contributed by atoms with E-state index in [2.05, 4.69) is 9.60 Å². The molecule has 3 aliphatic rings. The number of rotatable bonds is 4. The van der Waals surface area contributed by atoms with Crippen LogP contribution in [0.1, 0.15) is 25.7 Å². The largest absolute Gasteiger partial charge is 0.418 e. The molecule has 0 radical (unpaired) electrons. The second kappa shape index (κ2) is 6.86. The second-order valence-corrected chi connectivity index (χ2v) is 7.30. The van der Waals surface area contributed by atoms with Crippen molar-refractivity contribution < 1.29 is 31.6 Å². The predicted molar refractivity (Wildman–Crippen MR) is 82.8 cm³/mol. The maximum Gasteiger partial charge on any atom is 0.418 e. The van der Waals surface area contributed by atoms with Gasteiger partial charge in [0.15, 0.2) is 0 Å². The lowest BCUT2D eigenvalue weighted by Gasteiger charge is -2.31. The summed E-state index contributed by atoms with van der Waals surface area (Å²) < 4.78 is 40.0. The lowest BCUT2D eigenvalue weighted by Crippen LogP contribution is -2.52. The molecule has 3 saturated heterocycles. The van der Waals surface area contributed by atoms with E-state index >= 15 is 0 Å². The van der Waals surface area contributed by atoms with Gasteiger partial charge in [0.1, 0.15) is 5.84 Å². The Kier molecular flexibility index (Phi) is 4.95. The van der Waals surface area contributed by atoms with Crippen molar-refractivity contribution in [1.29, 1.82) is 5.41 Å². The van der Waals surface area contributed by atoms with Crippen LogP contribution in [0.15, 0.2) is 0 Å². The average molecular weight is 376 g/mol. The minimum absolute atomic E-state index is 0.100. The van der Waals surface area contributed by atoms with Crippen LogP contribution in [0.2, 0.25) is 0 Å².